The fourth-order valence-electron chi connectivity index (χ4n) is 2.62. The lowest BCUT2D eigenvalue weighted by Crippen LogP contribution is -2.31. The minimum absolute atomic E-state index is 0.0282. The molecule has 0 heterocycles. The maximum absolute atomic E-state index is 12.3. The van der Waals surface area contributed by atoms with Crippen molar-refractivity contribution in [1.29, 1.82) is 0 Å². The van der Waals surface area contributed by atoms with Gasteiger partial charge in [-0.3, -0.25) is 4.79 Å². The van der Waals surface area contributed by atoms with Crippen LogP contribution in [0.15, 0.2) is 47.4 Å². The molecule has 2 rings (SSSR count). The Morgan fingerprint density at radius 2 is 1.81 bits per heavy atom. The average molecular weight is 390 g/mol. The third-order valence-corrected chi connectivity index (χ3v) is 5.21. The second-order valence-electron chi connectivity index (χ2n) is 6.02. The van der Waals surface area contributed by atoms with E-state index in [1.807, 2.05) is 43.3 Å². The molecular formula is C21H27NO4S. The minimum atomic E-state index is -0.195. The molecular weight excluding hydrogens is 362 g/mol. The number of thioether (sulfide) groups is 1. The van der Waals surface area contributed by atoms with Gasteiger partial charge in [-0.05, 0) is 55.7 Å². The van der Waals surface area contributed by atoms with Gasteiger partial charge in [-0.1, -0.05) is 12.1 Å². The van der Waals surface area contributed by atoms with Crippen LogP contribution in [0.5, 0.6) is 17.2 Å². The molecule has 0 aromatic heterocycles. The Hall–Kier alpha value is -2.34. The Labute approximate surface area is 165 Å². The molecule has 1 amide bonds. The van der Waals surface area contributed by atoms with Crippen LogP contribution in [0, 0.1) is 0 Å². The number of hydrogen-bond acceptors (Lipinski definition) is 5. The predicted molar refractivity (Wildman–Crippen MR) is 109 cm³/mol. The SMILES string of the molecule is COc1cccc(CCCNC(=O)[C@@H](C)Sc2ccc(OC)c(OC)c2)c1. The number of rotatable bonds is 10. The molecule has 146 valence electrons. The molecule has 6 heteroatoms. The third kappa shape index (κ3) is 6.40. The third-order valence-electron chi connectivity index (χ3n) is 4.11. The fraction of sp³-hybridized carbons (Fsp3) is 0.381. The summed E-state index contributed by atoms with van der Waals surface area (Å²) in [7, 11) is 4.87. The number of amides is 1. The van der Waals surface area contributed by atoms with Crippen LogP contribution in [0.3, 0.4) is 0 Å². The van der Waals surface area contributed by atoms with Crippen molar-refractivity contribution in [2.75, 3.05) is 27.9 Å². The quantitative estimate of drug-likeness (QED) is 0.493. The summed E-state index contributed by atoms with van der Waals surface area (Å²) < 4.78 is 15.8. The van der Waals surface area contributed by atoms with Crippen molar-refractivity contribution >= 4 is 17.7 Å². The standard InChI is InChI=1S/C21H27NO4S/c1-15(27-18-10-11-19(25-3)20(14-18)26-4)21(23)22-12-6-8-16-7-5-9-17(13-16)24-2/h5,7,9-11,13-15H,6,8,12H2,1-4H3,(H,22,23)/t15-/m1/s1. The number of nitrogens with one attached hydrogen (secondary N) is 1. The number of carbonyl (C=O) groups excluding carboxylic acids is 1. The van der Waals surface area contributed by atoms with Crippen LogP contribution in [0.25, 0.3) is 0 Å². The number of carbonyl (C=O) groups is 1. The van der Waals surface area contributed by atoms with Crippen molar-refractivity contribution in [2.24, 2.45) is 0 Å². The fourth-order valence-corrected chi connectivity index (χ4v) is 3.54. The Balaban J connectivity index is 1.78. The van der Waals surface area contributed by atoms with Crippen LogP contribution in [0.4, 0.5) is 0 Å². The molecule has 5 nitrogen and oxygen atoms in total. The normalized spacial score (nSPS) is 11.6. The maximum atomic E-state index is 12.3. The van der Waals surface area contributed by atoms with Gasteiger partial charge in [-0.2, -0.15) is 0 Å². The first-order valence-corrected chi connectivity index (χ1v) is 9.74. The second-order valence-corrected chi connectivity index (χ2v) is 7.44. The van der Waals surface area contributed by atoms with Crippen molar-refractivity contribution in [1.82, 2.24) is 5.32 Å². The van der Waals surface area contributed by atoms with Crippen LogP contribution >= 0.6 is 11.8 Å². The summed E-state index contributed by atoms with van der Waals surface area (Å²) in [5, 5.41) is 2.81. The van der Waals surface area contributed by atoms with Gasteiger partial charge in [0.2, 0.25) is 5.91 Å². The van der Waals surface area contributed by atoms with Gasteiger partial charge in [0.25, 0.3) is 0 Å². The molecule has 0 unspecified atom stereocenters. The van der Waals surface area contributed by atoms with Crippen LogP contribution in [-0.2, 0) is 11.2 Å². The Bertz CT molecular complexity index is 751. The Kier molecular flexibility index (Phi) is 8.33. The molecule has 27 heavy (non-hydrogen) atoms. The summed E-state index contributed by atoms with van der Waals surface area (Å²) >= 11 is 1.50. The minimum Gasteiger partial charge on any atom is -0.497 e. The summed E-state index contributed by atoms with van der Waals surface area (Å²) in [5.74, 6) is 2.22. The van der Waals surface area contributed by atoms with Gasteiger partial charge in [0.15, 0.2) is 11.5 Å². The van der Waals surface area contributed by atoms with Crippen molar-refractivity contribution in [3.8, 4) is 17.2 Å². The van der Waals surface area contributed by atoms with Crippen molar-refractivity contribution in [2.45, 2.75) is 29.9 Å². The average Bonchev–Trinajstić information content (AvgIpc) is 2.70. The lowest BCUT2D eigenvalue weighted by Gasteiger charge is -2.14. The lowest BCUT2D eigenvalue weighted by atomic mass is 10.1. The zero-order valence-electron chi connectivity index (χ0n) is 16.3. The highest BCUT2D eigenvalue weighted by atomic mass is 32.2. The molecule has 2 aromatic rings. The van der Waals surface area contributed by atoms with Gasteiger partial charge in [0.1, 0.15) is 5.75 Å². The number of hydrogen-bond donors (Lipinski definition) is 1. The summed E-state index contributed by atoms with van der Waals surface area (Å²) in [6, 6.07) is 13.7. The number of methoxy groups -OCH3 is 3. The van der Waals surface area contributed by atoms with Gasteiger partial charge in [-0.25, -0.2) is 0 Å². The Morgan fingerprint density at radius 3 is 2.52 bits per heavy atom. The molecule has 0 fully saturated rings. The molecule has 0 bridgehead atoms. The van der Waals surface area contributed by atoms with E-state index in [9.17, 15) is 4.79 Å². The molecule has 0 aliphatic rings. The van der Waals surface area contributed by atoms with E-state index in [4.69, 9.17) is 14.2 Å². The summed E-state index contributed by atoms with van der Waals surface area (Å²) in [6.07, 6.45) is 1.78. The van der Waals surface area contributed by atoms with Crippen molar-refractivity contribution < 1.29 is 19.0 Å². The first-order valence-electron chi connectivity index (χ1n) is 8.86. The highest BCUT2D eigenvalue weighted by Crippen LogP contribution is 2.33. The Morgan fingerprint density at radius 1 is 1.04 bits per heavy atom. The highest BCUT2D eigenvalue weighted by molar-refractivity contribution is 8.00. The van der Waals surface area contributed by atoms with Crippen LogP contribution in [0.2, 0.25) is 0 Å². The van der Waals surface area contributed by atoms with E-state index in [0.717, 1.165) is 23.5 Å². The predicted octanol–water partition coefficient (Wildman–Crippen LogP) is 3.94. The summed E-state index contributed by atoms with van der Waals surface area (Å²) in [5.41, 5.74) is 1.20. The molecule has 1 N–H and O–H groups in total. The van der Waals surface area contributed by atoms with Gasteiger partial charge in [0, 0.05) is 11.4 Å². The van der Waals surface area contributed by atoms with Crippen LogP contribution < -0.4 is 19.5 Å². The van der Waals surface area contributed by atoms with E-state index < -0.39 is 0 Å². The largest absolute Gasteiger partial charge is 0.497 e. The topological polar surface area (TPSA) is 56.8 Å². The summed E-state index contributed by atoms with van der Waals surface area (Å²) in [4.78, 5) is 13.3. The molecule has 0 spiro atoms. The molecule has 1 atom stereocenters. The van der Waals surface area contributed by atoms with Crippen molar-refractivity contribution in [3.05, 3.63) is 48.0 Å². The zero-order valence-corrected chi connectivity index (χ0v) is 17.1. The first kappa shape index (κ1) is 21.0. The molecule has 2 aromatic carbocycles. The van der Waals surface area contributed by atoms with Gasteiger partial charge >= 0.3 is 0 Å². The van der Waals surface area contributed by atoms with E-state index in [-0.39, 0.29) is 11.2 Å². The second kappa shape index (κ2) is 10.7. The maximum Gasteiger partial charge on any atom is 0.233 e. The van der Waals surface area contributed by atoms with E-state index in [2.05, 4.69) is 11.4 Å². The zero-order chi connectivity index (χ0) is 19.6. The van der Waals surface area contributed by atoms with E-state index in [1.165, 1.54) is 17.3 Å². The molecule has 0 saturated heterocycles. The highest BCUT2D eigenvalue weighted by Gasteiger charge is 2.15. The molecule has 0 saturated carbocycles. The molecule has 0 radical (unpaired) electrons. The smallest absolute Gasteiger partial charge is 0.233 e. The molecule has 0 aliphatic heterocycles. The first-order chi connectivity index (χ1) is 13.1. The summed E-state index contributed by atoms with van der Waals surface area (Å²) in [6.45, 7) is 2.55. The van der Waals surface area contributed by atoms with Gasteiger partial charge < -0.3 is 19.5 Å². The molecule has 0 aliphatic carbocycles. The monoisotopic (exact) mass is 389 g/mol. The van der Waals surface area contributed by atoms with Crippen LogP contribution in [-0.4, -0.2) is 39.0 Å². The number of benzene rings is 2. The number of ether oxygens (including phenoxy) is 3. The van der Waals surface area contributed by atoms with Crippen LogP contribution in [0.1, 0.15) is 18.9 Å². The van der Waals surface area contributed by atoms with E-state index in [0.29, 0.717) is 18.0 Å². The number of aryl methyl sites for hydroxylation is 1. The van der Waals surface area contributed by atoms with Crippen molar-refractivity contribution in [3.63, 3.8) is 0 Å². The van der Waals surface area contributed by atoms with E-state index in [1.54, 1.807) is 21.3 Å². The lowest BCUT2D eigenvalue weighted by molar-refractivity contribution is -0.120. The van der Waals surface area contributed by atoms with Gasteiger partial charge in [0.05, 0.1) is 26.6 Å². The van der Waals surface area contributed by atoms with E-state index >= 15 is 0 Å². The van der Waals surface area contributed by atoms with Gasteiger partial charge in [-0.15, -0.1) is 11.8 Å².